The number of fused-ring (bicyclic) bond motifs is 5. The molecule has 0 radical (unpaired) electrons. The van der Waals surface area contributed by atoms with E-state index in [0.29, 0.717) is 6.61 Å². The lowest BCUT2D eigenvalue weighted by molar-refractivity contribution is 0.0849. The van der Waals surface area contributed by atoms with E-state index in [-0.39, 0.29) is 24.1 Å². The molecule has 2 bridgehead atoms. The van der Waals surface area contributed by atoms with Crippen molar-refractivity contribution in [3.05, 3.63) is 101 Å². The smallest absolute Gasteiger partial charge is 0.410 e. The van der Waals surface area contributed by atoms with E-state index in [0.717, 1.165) is 25.7 Å². The van der Waals surface area contributed by atoms with Gasteiger partial charge in [-0.1, -0.05) is 60.2 Å². The molecule has 2 unspecified atom stereocenters. The number of amides is 1. The molecular weight excluding hydrogens is 396 g/mol. The molecule has 3 aliphatic rings. The summed E-state index contributed by atoms with van der Waals surface area (Å²) >= 11 is 0. The summed E-state index contributed by atoms with van der Waals surface area (Å²) in [7, 11) is 0. The predicted molar refractivity (Wildman–Crippen MR) is 124 cm³/mol. The molecule has 6 rings (SSSR count). The zero-order chi connectivity index (χ0) is 21.5. The number of aromatic nitrogens is 1. The fraction of sp³-hybridized carbons (Fsp3) is 0.286. The standard InChI is InChI=1S/C28H26N2O2/c31-28(30-21-9-10-22(30)17-20(16-21)15-19-11-13-29-14-12-19)32-18-27-25-7-3-1-5-23(25)24-6-2-4-8-26(24)27/h1-8,11-14,16,21-22,27H,9-10,15,17-18H2. The van der Waals surface area contributed by atoms with Crippen LogP contribution in [0.25, 0.3) is 11.1 Å². The summed E-state index contributed by atoms with van der Waals surface area (Å²) in [4.78, 5) is 19.3. The first-order valence-corrected chi connectivity index (χ1v) is 11.5. The minimum Gasteiger partial charge on any atom is -0.448 e. The Hall–Kier alpha value is -3.40. The van der Waals surface area contributed by atoms with Crippen LogP contribution in [0.5, 0.6) is 0 Å². The molecule has 4 nitrogen and oxygen atoms in total. The SMILES string of the molecule is O=C(OCC1c2ccccc2-c2ccccc21)N1C2C=C(Cc3ccncc3)CC1CC2. The lowest BCUT2D eigenvalue weighted by atomic mass is 9.96. The van der Waals surface area contributed by atoms with Gasteiger partial charge in [-0.2, -0.15) is 0 Å². The van der Waals surface area contributed by atoms with Crippen LogP contribution in [-0.4, -0.2) is 34.7 Å². The summed E-state index contributed by atoms with van der Waals surface area (Å²) < 4.78 is 5.96. The summed E-state index contributed by atoms with van der Waals surface area (Å²) in [5, 5.41) is 0. The van der Waals surface area contributed by atoms with E-state index in [1.807, 2.05) is 17.3 Å². The Kier molecular flexibility index (Phi) is 4.79. The second kappa shape index (κ2) is 7.94. The summed E-state index contributed by atoms with van der Waals surface area (Å²) in [5.41, 5.74) is 7.72. The van der Waals surface area contributed by atoms with Crippen molar-refractivity contribution in [3.63, 3.8) is 0 Å². The van der Waals surface area contributed by atoms with Crippen LogP contribution in [0.2, 0.25) is 0 Å². The van der Waals surface area contributed by atoms with Gasteiger partial charge in [-0.25, -0.2) is 4.79 Å². The molecule has 0 N–H and O–H groups in total. The van der Waals surface area contributed by atoms with Crippen molar-refractivity contribution in [1.82, 2.24) is 9.88 Å². The van der Waals surface area contributed by atoms with Crippen molar-refractivity contribution < 1.29 is 9.53 Å². The fourth-order valence-electron chi connectivity index (χ4n) is 5.77. The lowest BCUT2D eigenvalue weighted by Gasteiger charge is -2.33. The van der Waals surface area contributed by atoms with Crippen LogP contribution in [-0.2, 0) is 11.2 Å². The van der Waals surface area contributed by atoms with Gasteiger partial charge in [-0.05, 0) is 65.6 Å². The third kappa shape index (κ3) is 3.31. The van der Waals surface area contributed by atoms with Crippen LogP contribution >= 0.6 is 0 Å². The zero-order valence-corrected chi connectivity index (χ0v) is 18.0. The topological polar surface area (TPSA) is 42.4 Å². The molecular formula is C28H26N2O2. The molecule has 2 aliphatic heterocycles. The highest BCUT2D eigenvalue weighted by Gasteiger charge is 2.41. The van der Waals surface area contributed by atoms with Gasteiger partial charge < -0.3 is 4.74 Å². The fourth-order valence-corrected chi connectivity index (χ4v) is 5.77. The molecule has 0 spiro atoms. The summed E-state index contributed by atoms with van der Waals surface area (Å²) in [6.07, 6.45) is 9.76. The third-order valence-corrected chi connectivity index (χ3v) is 7.20. The van der Waals surface area contributed by atoms with Crippen LogP contribution in [0.4, 0.5) is 4.79 Å². The Bertz CT molecular complexity index is 1140. The largest absolute Gasteiger partial charge is 0.448 e. The summed E-state index contributed by atoms with van der Waals surface area (Å²) in [5.74, 6) is 0.103. The first-order chi connectivity index (χ1) is 15.8. The molecule has 1 aliphatic carbocycles. The van der Waals surface area contributed by atoms with Gasteiger partial charge in [0.2, 0.25) is 0 Å². The zero-order valence-electron chi connectivity index (χ0n) is 18.0. The van der Waals surface area contributed by atoms with Crippen LogP contribution in [0, 0.1) is 0 Å². The van der Waals surface area contributed by atoms with E-state index >= 15 is 0 Å². The van der Waals surface area contributed by atoms with E-state index in [1.165, 1.54) is 33.4 Å². The second-order valence-electron chi connectivity index (χ2n) is 9.07. The number of hydrogen-bond donors (Lipinski definition) is 0. The Morgan fingerprint density at radius 3 is 2.31 bits per heavy atom. The van der Waals surface area contributed by atoms with Gasteiger partial charge in [-0.3, -0.25) is 9.88 Å². The maximum Gasteiger partial charge on any atom is 0.410 e. The molecule has 1 fully saturated rings. The monoisotopic (exact) mass is 422 g/mol. The number of ether oxygens (including phenoxy) is 1. The van der Waals surface area contributed by atoms with Crippen molar-refractivity contribution in [2.45, 2.75) is 43.7 Å². The van der Waals surface area contributed by atoms with Crippen LogP contribution in [0.3, 0.4) is 0 Å². The van der Waals surface area contributed by atoms with Crippen LogP contribution in [0.1, 0.15) is 41.9 Å². The van der Waals surface area contributed by atoms with E-state index in [1.54, 1.807) is 0 Å². The van der Waals surface area contributed by atoms with Crippen molar-refractivity contribution in [3.8, 4) is 11.1 Å². The third-order valence-electron chi connectivity index (χ3n) is 7.20. The average molecular weight is 423 g/mol. The van der Waals surface area contributed by atoms with Gasteiger partial charge in [0.1, 0.15) is 6.61 Å². The minimum atomic E-state index is -0.168. The van der Waals surface area contributed by atoms with E-state index in [2.05, 4.69) is 71.7 Å². The van der Waals surface area contributed by atoms with Gasteiger partial charge in [0.05, 0.1) is 6.04 Å². The number of benzene rings is 2. The molecule has 2 aromatic carbocycles. The van der Waals surface area contributed by atoms with Crippen LogP contribution in [0.15, 0.2) is 84.7 Å². The highest BCUT2D eigenvalue weighted by atomic mass is 16.6. The highest BCUT2D eigenvalue weighted by Crippen LogP contribution is 2.45. The maximum absolute atomic E-state index is 13.2. The number of rotatable bonds is 4. The van der Waals surface area contributed by atoms with Crippen molar-refractivity contribution in [2.75, 3.05) is 6.61 Å². The summed E-state index contributed by atoms with van der Waals surface area (Å²) in [6, 6.07) is 21.5. The van der Waals surface area contributed by atoms with E-state index in [9.17, 15) is 4.79 Å². The van der Waals surface area contributed by atoms with Crippen molar-refractivity contribution in [1.29, 1.82) is 0 Å². The normalized spacial score (nSPS) is 21.1. The number of carbonyl (C=O) groups is 1. The molecule has 1 aromatic heterocycles. The van der Waals surface area contributed by atoms with Gasteiger partial charge >= 0.3 is 6.09 Å². The Labute approximate surface area is 188 Å². The second-order valence-corrected chi connectivity index (χ2v) is 9.07. The number of carbonyl (C=O) groups excluding carboxylic acids is 1. The van der Waals surface area contributed by atoms with Crippen molar-refractivity contribution >= 4 is 6.09 Å². The molecule has 2 atom stereocenters. The Morgan fingerprint density at radius 1 is 0.938 bits per heavy atom. The molecule has 1 saturated heterocycles. The Morgan fingerprint density at radius 2 is 1.62 bits per heavy atom. The maximum atomic E-state index is 13.2. The van der Waals surface area contributed by atoms with Gasteiger partial charge in [0.25, 0.3) is 0 Å². The molecule has 0 saturated carbocycles. The van der Waals surface area contributed by atoms with Crippen LogP contribution < -0.4 is 0 Å². The molecule has 160 valence electrons. The predicted octanol–water partition coefficient (Wildman–Crippen LogP) is 5.74. The molecule has 4 heteroatoms. The average Bonchev–Trinajstić information content (AvgIpc) is 3.30. The number of nitrogens with zero attached hydrogens (tertiary/aromatic N) is 2. The van der Waals surface area contributed by atoms with Gasteiger partial charge in [-0.15, -0.1) is 0 Å². The number of pyridine rings is 1. The number of hydrogen-bond acceptors (Lipinski definition) is 3. The minimum absolute atomic E-state index is 0.103. The van der Waals surface area contributed by atoms with Gasteiger partial charge in [0.15, 0.2) is 0 Å². The summed E-state index contributed by atoms with van der Waals surface area (Å²) in [6.45, 7) is 0.385. The van der Waals surface area contributed by atoms with Gasteiger partial charge in [0, 0.05) is 24.4 Å². The lowest BCUT2D eigenvalue weighted by Crippen LogP contribution is -2.44. The van der Waals surface area contributed by atoms with Crippen molar-refractivity contribution in [2.24, 2.45) is 0 Å². The molecule has 3 heterocycles. The first kappa shape index (κ1) is 19.3. The van der Waals surface area contributed by atoms with E-state index < -0.39 is 0 Å². The molecule has 32 heavy (non-hydrogen) atoms. The first-order valence-electron chi connectivity index (χ1n) is 11.5. The van der Waals surface area contributed by atoms with E-state index in [4.69, 9.17) is 4.74 Å². The Balaban J connectivity index is 1.17. The quantitative estimate of drug-likeness (QED) is 0.504. The molecule has 1 amide bonds. The highest BCUT2D eigenvalue weighted by molar-refractivity contribution is 5.79. The molecule has 3 aromatic rings.